The van der Waals surface area contributed by atoms with Crippen molar-refractivity contribution < 1.29 is 14.3 Å². The lowest BCUT2D eigenvalue weighted by Crippen LogP contribution is -2.06. The van der Waals surface area contributed by atoms with E-state index in [-0.39, 0.29) is 18.0 Å². The molecule has 1 aliphatic heterocycles. The number of unbranched alkanes of at least 4 members (excludes halogenated alkanes) is 2. The van der Waals surface area contributed by atoms with E-state index in [9.17, 15) is 4.79 Å². The van der Waals surface area contributed by atoms with Gasteiger partial charge < -0.3 is 9.47 Å². The Kier molecular flexibility index (Phi) is 6.09. The van der Waals surface area contributed by atoms with E-state index in [0.717, 1.165) is 56.4 Å². The van der Waals surface area contributed by atoms with Crippen LogP contribution in [0, 0.1) is 5.92 Å². The highest BCUT2D eigenvalue weighted by molar-refractivity contribution is 5.74. The zero-order chi connectivity index (χ0) is 15.1. The van der Waals surface area contributed by atoms with E-state index in [0.29, 0.717) is 0 Å². The number of ether oxygens (including phenoxy) is 2. The molecule has 0 spiro atoms. The van der Waals surface area contributed by atoms with Crippen molar-refractivity contribution in [1.29, 1.82) is 0 Å². The number of hydrogen-bond donors (Lipinski definition) is 0. The summed E-state index contributed by atoms with van der Waals surface area (Å²) in [7, 11) is 0. The first-order valence-electron chi connectivity index (χ1n) is 8.17. The average Bonchev–Trinajstić information content (AvgIpc) is 2.87. The van der Waals surface area contributed by atoms with Crippen LogP contribution in [0.1, 0.15) is 64.0 Å². The summed E-state index contributed by atoms with van der Waals surface area (Å²) < 4.78 is 11.2. The van der Waals surface area contributed by atoms with E-state index >= 15 is 0 Å². The van der Waals surface area contributed by atoms with Crippen LogP contribution in [0.25, 0.3) is 0 Å². The molecule has 1 aromatic carbocycles. The zero-order valence-corrected chi connectivity index (χ0v) is 13.1. The molecule has 1 saturated heterocycles. The molecular formula is C18H26O3. The Morgan fingerprint density at radius 3 is 2.52 bits per heavy atom. The van der Waals surface area contributed by atoms with Gasteiger partial charge in [-0.05, 0) is 30.5 Å². The van der Waals surface area contributed by atoms with Gasteiger partial charge in [0.2, 0.25) is 0 Å². The third-order valence-electron chi connectivity index (χ3n) is 4.01. The first-order chi connectivity index (χ1) is 10.2. The second kappa shape index (κ2) is 8.06. The molecule has 0 saturated carbocycles. The summed E-state index contributed by atoms with van der Waals surface area (Å²) in [5.41, 5.74) is 1.07. The molecule has 1 fully saturated rings. The van der Waals surface area contributed by atoms with Gasteiger partial charge in [0.1, 0.15) is 11.9 Å². The maximum Gasteiger partial charge on any atom is 0.309 e. The molecule has 0 radical (unpaired) electrons. The van der Waals surface area contributed by atoms with Crippen molar-refractivity contribution in [3.8, 4) is 5.75 Å². The van der Waals surface area contributed by atoms with E-state index in [4.69, 9.17) is 9.47 Å². The maximum atomic E-state index is 11.9. The Balaban J connectivity index is 1.89. The summed E-state index contributed by atoms with van der Waals surface area (Å²) in [5, 5.41) is 0. The second-order valence-corrected chi connectivity index (χ2v) is 5.77. The summed E-state index contributed by atoms with van der Waals surface area (Å²) in [6, 6.07) is 7.97. The number of esters is 1. The van der Waals surface area contributed by atoms with Crippen LogP contribution in [0.5, 0.6) is 5.75 Å². The van der Waals surface area contributed by atoms with Crippen LogP contribution in [0.15, 0.2) is 24.3 Å². The van der Waals surface area contributed by atoms with E-state index in [1.165, 1.54) is 0 Å². The summed E-state index contributed by atoms with van der Waals surface area (Å²) in [6.07, 6.45) is 6.11. The zero-order valence-electron chi connectivity index (χ0n) is 13.1. The molecule has 3 heteroatoms. The molecule has 21 heavy (non-hydrogen) atoms. The minimum atomic E-state index is -0.0796. The van der Waals surface area contributed by atoms with Gasteiger partial charge in [-0.2, -0.15) is 0 Å². The number of benzene rings is 1. The predicted molar refractivity (Wildman–Crippen MR) is 83.3 cm³/mol. The molecule has 0 aliphatic carbocycles. The summed E-state index contributed by atoms with van der Waals surface area (Å²) in [4.78, 5) is 11.9. The van der Waals surface area contributed by atoms with Gasteiger partial charge in [-0.3, -0.25) is 4.79 Å². The molecule has 2 rings (SSSR count). The Hall–Kier alpha value is -1.51. The van der Waals surface area contributed by atoms with Gasteiger partial charge in [-0.25, -0.2) is 0 Å². The first-order valence-corrected chi connectivity index (χ1v) is 8.17. The molecule has 3 nitrogen and oxygen atoms in total. The third-order valence-corrected chi connectivity index (χ3v) is 4.01. The molecular weight excluding hydrogens is 264 g/mol. The van der Waals surface area contributed by atoms with Gasteiger partial charge >= 0.3 is 5.97 Å². The molecule has 1 aromatic rings. The van der Waals surface area contributed by atoms with E-state index in [1.54, 1.807) is 0 Å². The fourth-order valence-corrected chi connectivity index (χ4v) is 2.64. The lowest BCUT2D eigenvalue weighted by atomic mass is 9.96. The number of carbonyl (C=O) groups excluding carboxylic acids is 1. The Morgan fingerprint density at radius 1 is 1.14 bits per heavy atom. The van der Waals surface area contributed by atoms with Crippen LogP contribution >= 0.6 is 0 Å². The highest BCUT2D eigenvalue weighted by atomic mass is 16.6. The Labute approximate surface area is 127 Å². The predicted octanol–water partition coefficient (Wildman–Crippen LogP) is 4.66. The third kappa shape index (κ3) is 4.48. The van der Waals surface area contributed by atoms with Crippen LogP contribution in [0.4, 0.5) is 0 Å². The summed E-state index contributed by atoms with van der Waals surface area (Å²) in [6.45, 7) is 5.05. The van der Waals surface area contributed by atoms with Gasteiger partial charge in [-0.15, -0.1) is 0 Å². The van der Waals surface area contributed by atoms with Gasteiger partial charge in [0.15, 0.2) is 0 Å². The molecule has 2 atom stereocenters. The monoisotopic (exact) mass is 290 g/mol. The van der Waals surface area contributed by atoms with Gasteiger partial charge in [0, 0.05) is 6.42 Å². The molecule has 0 amide bonds. The van der Waals surface area contributed by atoms with Crippen molar-refractivity contribution in [2.45, 2.75) is 58.5 Å². The number of carbonyl (C=O) groups is 1. The van der Waals surface area contributed by atoms with Crippen LogP contribution in [0.3, 0.4) is 0 Å². The molecule has 1 heterocycles. The minimum Gasteiger partial charge on any atom is -0.494 e. The van der Waals surface area contributed by atoms with Crippen molar-refractivity contribution >= 4 is 5.97 Å². The first kappa shape index (κ1) is 15.9. The normalized spacial score (nSPS) is 21.3. The van der Waals surface area contributed by atoms with Gasteiger partial charge in [0.25, 0.3) is 0 Å². The summed E-state index contributed by atoms with van der Waals surface area (Å²) in [5.74, 6) is 0.936. The fourth-order valence-electron chi connectivity index (χ4n) is 2.64. The van der Waals surface area contributed by atoms with E-state index < -0.39 is 0 Å². The van der Waals surface area contributed by atoms with Gasteiger partial charge in [-0.1, -0.05) is 45.2 Å². The minimum absolute atomic E-state index is 0.0308. The Morgan fingerprint density at radius 2 is 1.86 bits per heavy atom. The number of cyclic esters (lactones) is 1. The van der Waals surface area contributed by atoms with Crippen LogP contribution in [0.2, 0.25) is 0 Å². The van der Waals surface area contributed by atoms with Crippen LogP contribution in [-0.4, -0.2) is 12.6 Å². The molecule has 0 N–H and O–H groups in total. The molecule has 0 aromatic heterocycles. The SMILES string of the molecule is CCCCOc1ccc(C2CC(CCCC)C(=O)O2)cc1. The van der Waals surface area contributed by atoms with Crippen molar-refractivity contribution in [2.75, 3.05) is 6.61 Å². The van der Waals surface area contributed by atoms with Crippen molar-refractivity contribution in [1.82, 2.24) is 0 Å². The molecule has 2 unspecified atom stereocenters. The van der Waals surface area contributed by atoms with Crippen LogP contribution in [-0.2, 0) is 9.53 Å². The van der Waals surface area contributed by atoms with Crippen molar-refractivity contribution in [3.63, 3.8) is 0 Å². The van der Waals surface area contributed by atoms with Crippen LogP contribution < -0.4 is 4.74 Å². The highest BCUT2D eigenvalue weighted by Crippen LogP contribution is 2.36. The van der Waals surface area contributed by atoms with E-state index in [1.807, 2.05) is 24.3 Å². The summed E-state index contributed by atoms with van der Waals surface area (Å²) >= 11 is 0. The lowest BCUT2D eigenvalue weighted by molar-refractivity contribution is -0.144. The second-order valence-electron chi connectivity index (χ2n) is 5.77. The van der Waals surface area contributed by atoms with Crippen molar-refractivity contribution in [3.05, 3.63) is 29.8 Å². The van der Waals surface area contributed by atoms with Gasteiger partial charge in [0.05, 0.1) is 12.5 Å². The molecule has 1 aliphatic rings. The standard InChI is InChI=1S/C18H26O3/c1-3-5-7-15-13-17(21-18(15)19)14-8-10-16(11-9-14)20-12-6-4-2/h8-11,15,17H,3-7,12-13H2,1-2H3. The number of hydrogen-bond acceptors (Lipinski definition) is 3. The smallest absolute Gasteiger partial charge is 0.309 e. The highest BCUT2D eigenvalue weighted by Gasteiger charge is 2.34. The fraction of sp³-hybridized carbons (Fsp3) is 0.611. The lowest BCUT2D eigenvalue weighted by Gasteiger charge is -2.11. The largest absolute Gasteiger partial charge is 0.494 e. The molecule has 116 valence electrons. The number of rotatable bonds is 8. The average molecular weight is 290 g/mol. The Bertz CT molecular complexity index is 438. The van der Waals surface area contributed by atoms with Crippen molar-refractivity contribution in [2.24, 2.45) is 5.92 Å². The quantitative estimate of drug-likeness (QED) is 0.516. The maximum absolute atomic E-state index is 11.9. The topological polar surface area (TPSA) is 35.5 Å². The van der Waals surface area contributed by atoms with E-state index in [2.05, 4.69) is 13.8 Å². The molecule has 0 bridgehead atoms.